The Hall–Kier alpha value is -0.660. The van der Waals surface area contributed by atoms with Crippen LogP contribution in [0.1, 0.15) is 19.8 Å². The van der Waals surface area contributed by atoms with Gasteiger partial charge < -0.3 is 11.1 Å². The minimum atomic E-state index is -2.98. The molecule has 0 spiro atoms. The van der Waals surface area contributed by atoms with E-state index in [1.165, 1.54) is 0 Å². The molecule has 2 atom stereocenters. The predicted octanol–water partition coefficient (Wildman–Crippen LogP) is -1.29. The zero-order valence-corrected chi connectivity index (χ0v) is 11.5. The Balaban J connectivity index is 1.84. The van der Waals surface area contributed by atoms with Crippen LogP contribution >= 0.6 is 0 Å². The number of rotatable bonds is 3. The molecule has 104 valence electrons. The molecule has 0 aromatic heterocycles. The van der Waals surface area contributed by atoms with Crippen LogP contribution in [-0.4, -0.2) is 61.9 Å². The molecule has 0 bridgehead atoms. The van der Waals surface area contributed by atoms with Crippen molar-refractivity contribution in [3.8, 4) is 0 Å². The Morgan fingerprint density at radius 3 is 2.78 bits per heavy atom. The molecule has 7 heteroatoms. The summed E-state index contributed by atoms with van der Waals surface area (Å²) in [5.74, 6) is 0.104. The lowest BCUT2D eigenvalue weighted by Gasteiger charge is -2.25. The predicted molar refractivity (Wildman–Crippen MR) is 68.9 cm³/mol. The van der Waals surface area contributed by atoms with Gasteiger partial charge >= 0.3 is 0 Å². The van der Waals surface area contributed by atoms with E-state index in [-0.39, 0.29) is 23.5 Å². The number of likely N-dealkylation sites (tertiary alicyclic amines) is 1. The second kappa shape index (κ2) is 4.79. The van der Waals surface area contributed by atoms with Crippen LogP contribution in [0.25, 0.3) is 0 Å². The maximum absolute atomic E-state index is 11.9. The highest BCUT2D eigenvalue weighted by Gasteiger charge is 2.39. The Morgan fingerprint density at radius 1 is 1.56 bits per heavy atom. The molecule has 2 fully saturated rings. The Bertz CT molecular complexity index is 437. The third kappa shape index (κ3) is 3.43. The maximum atomic E-state index is 11.9. The van der Waals surface area contributed by atoms with Crippen LogP contribution in [0.2, 0.25) is 0 Å². The van der Waals surface area contributed by atoms with E-state index in [1.54, 1.807) is 6.92 Å². The van der Waals surface area contributed by atoms with E-state index in [2.05, 4.69) is 5.32 Å². The minimum Gasteiger partial charge on any atom is -0.349 e. The van der Waals surface area contributed by atoms with Crippen LogP contribution in [0.15, 0.2) is 0 Å². The summed E-state index contributed by atoms with van der Waals surface area (Å²) >= 11 is 0. The summed E-state index contributed by atoms with van der Waals surface area (Å²) < 4.78 is 22.9. The van der Waals surface area contributed by atoms with Crippen molar-refractivity contribution in [3.05, 3.63) is 0 Å². The van der Waals surface area contributed by atoms with E-state index < -0.39 is 15.4 Å². The topological polar surface area (TPSA) is 92.5 Å². The molecule has 0 radical (unpaired) electrons. The lowest BCUT2D eigenvalue weighted by molar-refractivity contribution is -0.123. The van der Waals surface area contributed by atoms with E-state index >= 15 is 0 Å². The Kier molecular flexibility index (Phi) is 3.66. The van der Waals surface area contributed by atoms with Crippen LogP contribution in [0.5, 0.6) is 0 Å². The van der Waals surface area contributed by atoms with E-state index in [0.29, 0.717) is 13.0 Å². The number of sulfone groups is 1. The van der Waals surface area contributed by atoms with Gasteiger partial charge in [0, 0.05) is 19.1 Å². The summed E-state index contributed by atoms with van der Waals surface area (Å²) in [7, 11) is -2.98. The summed E-state index contributed by atoms with van der Waals surface area (Å²) in [5.41, 5.74) is 5.17. The SMILES string of the molecule is CC1(NC(=O)CN2CC[C@H](N)C2)CCS(=O)(=O)C1. The van der Waals surface area contributed by atoms with Crippen LogP contribution < -0.4 is 11.1 Å². The standard InChI is InChI=1S/C11H21N3O3S/c1-11(3-5-18(16,17)8-11)13-10(15)7-14-4-2-9(12)6-14/h9H,2-8,12H2,1H3,(H,13,15)/t9-,11?/m0/s1. The van der Waals surface area contributed by atoms with Crippen LogP contribution in [0.3, 0.4) is 0 Å². The van der Waals surface area contributed by atoms with Gasteiger partial charge in [0.15, 0.2) is 9.84 Å². The molecule has 2 rings (SSSR count). The fraction of sp³-hybridized carbons (Fsp3) is 0.909. The van der Waals surface area contributed by atoms with E-state index in [1.807, 2.05) is 4.90 Å². The van der Waals surface area contributed by atoms with E-state index in [4.69, 9.17) is 5.73 Å². The highest BCUT2D eigenvalue weighted by atomic mass is 32.2. The third-order valence-corrected chi connectivity index (χ3v) is 5.52. The maximum Gasteiger partial charge on any atom is 0.234 e. The largest absolute Gasteiger partial charge is 0.349 e. The van der Waals surface area contributed by atoms with Crippen molar-refractivity contribution < 1.29 is 13.2 Å². The number of nitrogens with two attached hydrogens (primary N) is 1. The quantitative estimate of drug-likeness (QED) is 0.669. The zero-order chi connectivity index (χ0) is 13.4. The van der Waals surface area contributed by atoms with Gasteiger partial charge in [0.25, 0.3) is 0 Å². The first-order valence-corrected chi connectivity index (χ1v) is 8.10. The number of hydrogen-bond acceptors (Lipinski definition) is 5. The van der Waals surface area contributed by atoms with Crippen molar-refractivity contribution in [2.75, 3.05) is 31.1 Å². The van der Waals surface area contributed by atoms with Gasteiger partial charge in [-0.1, -0.05) is 0 Å². The molecule has 2 aliphatic rings. The smallest absolute Gasteiger partial charge is 0.234 e. The van der Waals surface area contributed by atoms with Gasteiger partial charge in [0.1, 0.15) is 0 Å². The van der Waals surface area contributed by atoms with Gasteiger partial charge in [-0.15, -0.1) is 0 Å². The van der Waals surface area contributed by atoms with E-state index in [0.717, 1.165) is 19.5 Å². The lowest BCUT2D eigenvalue weighted by atomic mass is 10.0. The monoisotopic (exact) mass is 275 g/mol. The van der Waals surface area contributed by atoms with Gasteiger partial charge in [0.2, 0.25) is 5.91 Å². The summed E-state index contributed by atoms with van der Waals surface area (Å²) in [6, 6.07) is 0.153. The molecular formula is C11H21N3O3S. The average Bonchev–Trinajstić information content (AvgIpc) is 2.70. The first kappa shape index (κ1) is 13.8. The summed E-state index contributed by atoms with van der Waals surface area (Å²) in [6.45, 7) is 3.68. The van der Waals surface area contributed by atoms with Gasteiger partial charge in [-0.3, -0.25) is 9.69 Å². The first-order chi connectivity index (χ1) is 8.28. The molecule has 2 saturated heterocycles. The van der Waals surface area contributed by atoms with Crippen LogP contribution in [0.4, 0.5) is 0 Å². The van der Waals surface area contributed by atoms with Crippen molar-refractivity contribution in [1.82, 2.24) is 10.2 Å². The lowest BCUT2D eigenvalue weighted by Crippen LogP contribution is -2.50. The molecule has 3 N–H and O–H groups in total. The Morgan fingerprint density at radius 2 is 2.28 bits per heavy atom. The average molecular weight is 275 g/mol. The van der Waals surface area contributed by atoms with Crippen molar-refractivity contribution in [2.24, 2.45) is 5.73 Å². The highest BCUT2D eigenvalue weighted by Crippen LogP contribution is 2.22. The Labute approximate surface area is 108 Å². The normalized spacial score (nSPS) is 35.8. The molecule has 0 saturated carbocycles. The number of carbonyl (C=O) groups is 1. The van der Waals surface area contributed by atoms with E-state index in [9.17, 15) is 13.2 Å². The molecule has 18 heavy (non-hydrogen) atoms. The fourth-order valence-corrected chi connectivity index (χ4v) is 4.79. The number of nitrogens with one attached hydrogen (secondary N) is 1. The molecule has 1 unspecified atom stereocenters. The number of hydrogen-bond donors (Lipinski definition) is 2. The minimum absolute atomic E-state index is 0.0469. The molecule has 2 aliphatic heterocycles. The van der Waals surface area contributed by atoms with Crippen LogP contribution in [0, 0.1) is 0 Å². The fourth-order valence-electron chi connectivity index (χ4n) is 2.69. The number of amides is 1. The zero-order valence-electron chi connectivity index (χ0n) is 10.7. The molecule has 2 heterocycles. The number of nitrogens with zero attached hydrogens (tertiary/aromatic N) is 1. The van der Waals surface area contributed by atoms with Crippen molar-refractivity contribution in [2.45, 2.75) is 31.3 Å². The highest BCUT2D eigenvalue weighted by molar-refractivity contribution is 7.91. The second-order valence-electron chi connectivity index (χ2n) is 5.73. The molecular weight excluding hydrogens is 254 g/mol. The molecule has 0 aromatic rings. The molecule has 0 aromatic carbocycles. The summed E-state index contributed by atoms with van der Waals surface area (Å²) in [6.07, 6.45) is 1.42. The van der Waals surface area contributed by atoms with Crippen molar-refractivity contribution >= 4 is 15.7 Å². The third-order valence-electron chi connectivity index (χ3n) is 3.62. The summed E-state index contributed by atoms with van der Waals surface area (Å²) in [4.78, 5) is 13.9. The molecule has 1 amide bonds. The van der Waals surface area contributed by atoms with Crippen molar-refractivity contribution in [1.29, 1.82) is 0 Å². The van der Waals surface area contributed by atoms with Gasteiger partial charge in [-0.2, -0.15) is 0 Å². The first-order valence-electron chi connectivity index (χ1n) is 6.27. The van der Waals surface area contributed by atoms with Gasteiger partial charge in [-0.05, 0) is 19.8 Å². The number of carbonyl (C=O) groups excluding carboxylic acids is 1. The molecule has 0 aliphatic carbocycles. The van der Waals surface area contributed by atoms with Crippen molar-refractivity contribution in [3.63, 3.8) is 0 Å². The molecule has 6 nitrogen and oxygen atoms in total. The van der Waals surface area contributed by atoms with Gasteiger partial charge in [0.05, 0.1) is 23.6 Å². The van der Waals surface area contributed by atoms with Crippen LogP contribution in [-0.2, 0) is 14.6 Å². The van der Waals surface area contributed by atoms with Gasteiger partial charge in [-0.25, -0.2) is 8.42 Å². The second-order valence-corrected chi connectivity index (χ2v) is 7.92. The summed E-state index contributed by atoms with van der Waals surface area (Å²) in [5, 5.41) is 2.85.